The Morgan fingerprint density at radius 2 is 2.26 bits per heavy atom. The average Bonchev–Trinajstić information content (AvgIpc) is 2.87. The van der Waals surface area contributed by atoms with Crippen molar-refractivity contribution in [2.24, 2.45) is 0 Å². The molecule has 19 heavy (non-hydrogen) atoms. The second kappa shape index (κ2) is 6.89. The van der Waals surface area contributed by atoms with Gasteiger partial charge in [0.1, 0.15) is 5.75 Å². The van der Waals surface area contributed by atoms with Crippen LogP contribution in [0.1, 0.15) is 25.2 Å². The molecule has 0 aliphatic carbocycles. The van der Waals surface area contributed by atoms with E-state index in [-0.39, 0.29) is 6.10 Å². The van der Waals surface area contributed by atoms with Gasteiger partial charge in [0.15, 0.2) is 5.82 Å². The van der Waals surface area contributed by atoms with Crippen molar-refractivity contribution in [2.75, 3.05) is 6.54 Å². The molecule has 0 aliphatic rings. The highest BCUT2D eigenvalue weighted by Crippen LogP contribution is 2.14. The number of benzene rings is 1. The van der Waals surface area contributed by atoms with Gasteiger partial charge in [-0.2, -0.15) is 4.98 Å². The van der Waals surface area contributed by atoms with Crippen LogP contribution in [0.4, 0.5) is 0 Å². The number of nitrogens with one attached hydrogen (secondary N) is 1. The molecule has 0 radical (unpaired) electrons. The fourth-order valence-corrected chi connectivity index (χ4v) is 1.74. The molecular weight excluding hydrogens is 242 g/mol. The maximum absolute atomic E-state index is 5.66. The second-order valence-electron chi connectivity index (χ2n) is 4.59. The van der Waals surface area contributed by atoms with Crippen molar-refractivity contribution in [2.45, 2.75) is 32.9 Å². The molecule has 0 unspecified atom stereocenters. The minimum Gasteiger partial charge on any atom is -0.491 e. The highest BCUT2D eigenvalue weighted by Gasteiger charge is 2.00. The van der Waals surface area contributed by atoms with E-state index < -0.39 is 0 Å². The van der Waals surface area contributed by atoms with E-state index in [9.17, 15) is 0 Å². The van der Waals surface area contributed by atoms with Gasteiger partial charge in [0.25, 0.3) is 0 Å². The van der Waals surface area contributed by atoms with Gasteiger partial charge >= 0.3 is 0 Å². The molecule has 1 heterocycles. The van der Waals surface area contributed by atoms with Gasteiger partial charge in [0.2, 0.25) is 6.39 Å². The normalized spacial score (nSPS) is 10.9. The molecule has 0 aliphatic heterocycles. The van der Waals surface area contributed by atoms with Crippen LogP contribution in [0.3, 0.4) is 0 Å². The summed E-state index contributed by atoms with van der Waals surface area (Å²) in [7, 11) is 0. The Kier molecular flexibility index (Phi) is 4.92. The molecule has 0 bridgehead atoms. The Morgan fingerprint density at radius 1 is 1.37 bits per heavy atom. The van der Waals surface area contributed by atoms with E-state index in [1.54, 1.807) is 0 Å². The van der Waals surface area contributed by atoms with Crippen LogP contribution in [-0.2, 0) is 13.0 Å². The minimum absolute atomic E-state index is 0.196. The van der Waals surface area contributed by atoms with Gasteiger partial charge in [-0.25, -0.2) is 0 Å². The summed E-state index contributed by atoms with van der Waals surface area (Å²) in [6.07, 6.45) is 2.31. The lowest BCUT2D eigenvalue weighted by molar-refractivity contribution is 0.242. The Morgan fingerprint density at radius 3 is 3.00 bits per heavy atom. The van der Waals surface area contributed by atoms with E-state index in [2.05, 4.69) is 32.1 Å². The number of ether oxygens (including phenoxy) is 1. The summed E-state index contributed by atoms with van der Waals surface area (Å²) in [5, 5.41) is 7.10. The number of hydrogen-bond acceptors (Lipinski definition) is 5. The summed E-state index contributed by atoms with van der Waals surface area (Å²) in [6.45, 7) is 5.66. The molecule has 0 spiro atoms. The molecular formula is C14H19N3O2. The predicted octanol–water partition coefficient (Wildman–Crippen LogP) is 2.19. The van der Waals surface area contributed by atoms with Gasteiger partial charge in [-0.1, -0.05) is 17.3 Å². The average molecular weight is 261 g/mol. The molecule has 1 aromatic carbocycles. The summed E-state index contributed by atoms with van der Waals surface area (Å²) in [6, 6.07) is 8.12. The van der Waals surface area contributed by atoms with Crippen molar-refractivity contribution >= 4 is 0 Å². The van der Waals surface area contributed by atoms with Crippen LogP contribution in [0.15, 0.2) is 35.2 Å². The first-order valence-corrected chi connectivity index (χ1v) is 6.45. The van der Waals surface area contributed by atoms with Crippen molar-refractivity contribution in [3.63, 3.8) is 0 Å². The highest BCUT2D eigenvalue weighted by atomic mass is 16.5. The molecule has 5 nitrogen and oxygen atoms in total. The molecule has 2 aromatic rings. The van der Waals surface area contributed by atoms with E-state index in [1.165, 1.54) is 12.0 Å². The SMILES string of the molecule is CC(C)Oc1cccc(CNCCc2ncon2)c1. The largest absolute Gasteiger partial charge is 0.491 e. The Hall–Kier alpha value is -1.88. The van der Waals surface area contributed by atoms with Crippen molar-refractivity contribution in [1.82, 2.24) is 15.5 Å². The van der Waals surface area contributed by atoms with Gasteiger partial charge in [-0.3, -0.25) is 0 Å². The van der Waals surface area contributed by atoms with E-state index in [0.717, 1.165) is 31.1 Å². The zero-order valence-electron chi connectivity index (χ0n) is 11.3. The first-order chi connectivity index (χ1) is 9.24. The molecule has 0 fully saturated rings. The third kappa shape index (κ3) is 4.71. The van der Waals surface area contributed by atoms with Gasteiger partial charge in [-0.15, -0.1) is 0 Å². The number of hydrogen-bond donors (Lipinski definition) is 1. The van der Waals surface area contributed by atoms with Gasteiger partial charge < -0.3 is 14.6 Å². The van der Waals surface area contributed by atoms with Crippen molar-refractivity contribution in [1.29, 1.82) is 0 Å². The number of rotatable bonds is 7. The highest BCUT2D eigenvalue weighted by molar-refractivity contribution is 5.28. The first kappa shape index (κ1) is 13.5. The molecule has 0 atom stereocenters. The van der Waals surface area contributed by atoms with Crippen LogP contribution in [0.5, 0.6) is 5.75 Å². The molecule has 1 N–H and O–H groups in total. The monoisotopic (exact) mass is 261 g/mol. The summed E-state index contributed by atoms with van der Waals surface area (Å²) in [5.74, 6) is 1.64. The Balaban J connectivity index is 1.76. The van der Waals surface area contributed by atoms with Gasteiger partial charge in [0.05, 0.1) is 6.10 Å². The van der Waals surface area contributed by atoms with Crippen molar-refractivity contribution in [3.05, 3.63) is 42.0 Å². The third-order valence-corrected chi connectivity index (χ3v) is 2.53. The molecule has 0 saturated carbocycles. The number of aromatic nitrogens is 2. The molecule has 0 amide bonds. The van der Waals surface area contributed by atoms with Crippen molar-refractivity contribution < 1.29 is 9.26 Å². The predicted molar refractivity (Wildman–Crippen MR) is 71.9 cm³/mol. The van der Waals surface area contributed by atoms with Gasteiger partial charge in [-0.05, 0) is 31.5 Å². The van der Waals surface area contributed by atoms with E-state index in [0.29, 0.717) is 0 Å². The zero-order valence-corrected chi connectivity index (χ0v) is 11.3. The summed E-state index contributed by atoms with van der Waals surface area (Å²) < 4.78 is 10.3. The van der Waals surface area contributed by atoms with Crippen LogP contribution in [-0.4, -0.2) is 22.8 Å². The first-order valence-electron chi connectivity index (χ1n) is 6.45. The maximum atomic E-state index is 5.66. The summed E-state index contributed by atoms with van der Waals surface area (Å²) in [4.78, 5) is 3.97. The fourth-order valence-electron chi connectivity index (χ4n) is 1.74. The lowest BCUT2D eigenvalue weighted by Gasteiger charge is -2.11. The van der Waals surface area contributed by atoms with Crippen molar-refractivity contribution in [3.8, 4) is 5.75 Å². The maximum Gasteiger partial charge on any atom is 0.213 e. The van der Waals surface area contributed by atoms with Crippen LogP contribution in [0.2, 0.25) is 0 Å². The molecule has 102 valence electrons. The molecule has 1 aromatic heterocycles. The molecule has 0 saturated heterocycles. The Labute approximate surface area is 113 Å². The Bertz CT molecular complexity index is 483. The van der Waals surface area contributed by atoms with E-state index in [4.69, 9.17) is 4.74 Å². The van der Waals surface area contributed by atoms with E-state index in [1.807, 2.05) is 26.0 Å². The standard InChI is InChI=1S/C14H19N3O2/c1-11(2)19-13-5-3-4-12(8-13)9-15-7-6-14-16-10-18-17-14/h3-5,8,10-11,15H,6-7,9H2,1-2H3. The quantitative estimate of drug-likeness (QED) is 0.774. The lowest BCUT2D eigenvalue weighted by atomic mass is 10.2. The van der Waals surface area contributed by atoms with Gasteiger partial charge in [0, 0.05) is 19.5 Å². The molecule has 5 heteroatoms. The van der Waals surface area contributed by atoms with Crippen LogP contribution >= 0.6 is 0 Å². The zero-order chi connectivity index (χ0) is 13.5. The van der Waals surface area contributed by atoms with E-state index >= 15 is 0 Å². The van der Waals surface area contributed by atoms with Crippen LogP contribution in [0.25, 0.3) is 0 Å². The second-order valence-corrected chi connectivity index (χ2v) is 4.59. The molecule has 2 rings (SSSR count). The minimum atomic E-state index is 0.196. The third-order valence-electron chi connectivity index (χ3n) is 2.53. The van der Waals surface area contributed by atoms with Crippen LogP contribution in [0, 0.1) is 0 Å². The fraction of sp³-hybridized carbons (Fsp3) is 0.429. The summed E-state index contributed by atoms with van der Waals surface area (Å²) in [5.41, 5.74) is 1.20. The number of nitrogens with zero attached hydrogens (tertiary/aromatic N) is 2. The topological polar surface area (TPSA) is 60.2 Å². The smallest absolute Gasteiger partial charge is 0.213 e. The van der Waals surface area contributed by atoms with Crippen LogP contribution < -0.4 is 10.1 Å². The lowest BCUT2D eigenvalue weighted by Crippen LogP contribution is -2.17. The summed E-state index contributed by atoms with van der Waals surface area (Å²) >= 11 is 0.